The van der Waals surface area contributed by atoms with Gasteiger partial charge in [-0.05, 0) is 24.0 Å². The van der Waals surface area contributed by atoms with Gasteiger partial charge in [-0.15, -0.1) is 0 Å². The largest absolute Gasteiger partial charge is 0.351 e. The van der Waals surface area contributed by atoms with E-state index in [1.165, 1.54) is 0 Å². The highest BCUT2D eigenvalue weighted by Gasteiger charge is 2.53. The van der Waals surface area contributed by atoms with E-state index in [4.69, 9.17) is 0 Å². The number of nitrogens with one attached hydrogen (secondary N) is 1. The Morgan fingerprint density at radius 1 is 0.857 bits per heavy atom. The molecular weight excluding hydrogens is 350 g/mol. The number of nitrogens with zero attached hydrogens (tertiary/aromatic N) is 2. The standard InChI is InChI=1S/C23H27N3O2/c27-21(24-17-19-7-3-1-4-8-19)18-25-13-15-26(16-14-25)22(28)23(11-12-23)20-9-5-2-6-10-20/h1-10H,11-18H2,(H,24,27). The maximum atomic E-state index is 13.1. The number of carbonyl (C=O) groups excluding carboxylic acids is 2. The Bertz CT molecular complexity index is 810. The van der Waals surface area contributed by atoms with Crippen LogP contribution in [0.3, 0.4) is 0 Å². The van der Waals surface area contributed by atoms with Crippen LogP contribution in [0.15, 0.2) is 60.7 Å². The van der Waals surface area contributed by atoms with E-state index in [0.717, 1.165) is 37.1 Å². The van der Waals surface area contributed by atoms with Crippen LogP contribution in [0.25, 0.3) is 0 Å². The molecule has 4 rings (SSSR count). The molecule has 0 radical (unpaired) electrons. The first-order valence-corrected chi connectivity index (χ1v) is 10.1. The fourth-order valence-electron chi connectivity index (χ4n) is 3.98. The minimum Gasteiger partial charge on any atom is -0.351 e. The molecule has 1 heterocycles. The molecule has 2 aromatic carbocycles. The molecule has 1 aliphatic carbocycles. The Morgan fingerprint density at radius 2 is 1.46 bits per heavy atom. The molecule has 0 unspecified atom stereocenters. The van der Waals surface area contributed by atoms with Crippen molar-refractivity contribution in [1.82, 2.24) is 15.1 Å². The monoisotopic (exact) mass is 377 g/mol. The van der Waals surface area contributed by atoms with Gasteiger partial charge in [-0.2, -0.15) is 0 Å². The second-order valence-electron chi connectivity index (χ2n) is 7.78. The smallest absolute Gasteiger partial charge is 0.234 e. The van der Waals surface area contributed by atoms with E-state index in [0.29, 0.717) is 26.2 Å². The fraction of sp³-hybridized carbons (Fsp3) is 0.391. The minimum absolute atomic E-state index is 0.0339. The summed E-state index contributed by atoms with van der Waals surface area (Å²) in [4.78, 5) is 29.4. The molecule has 146 valence electrons. The van der Waals surface area contributed by atoms with Gasteiger partial charge in [-0.3, -0.25) is 14.5 Å². The summed E-state index contributed by atoms with van der Waals surface area (Å²) in [5, 5.41) is 2.97. The van der Waals surface area contributed by atoms with Crippen molar-refractivity contribution < 1.29 is 9.59 Å². The normalized spacial score (nSPS) is 18.5. The highest BCUT2D eigenvalue weighted by Crippen LogP contribution is 2.49. The van der Waals surface area contributed by atoms with Crippen molar-refractivity contribution >= 4 is 11.8 Å². The molecule has 0 aromatic heterocycles. The third-order valence-electron chi connectivity index (χ3n) is 5.84. The number of hydrogen-bond donors (Lipinski definition) is 1. The van der Waals surface area contributed by atoms with Crippen LogP contribution in [-0.4, -0.2) is 54.3 Å². The molecule has 5 heteroatoms. The Labute approximate surface area is 166 Å². The number of rotatable bonds is 6. The number of amides is 2. The lowest BCUT2D eigenvalue weighted by Crippen LogP contribution is -2.53. The Morgan fingerprint density at radius 3 is 2.07 bits per heavy atom. The Kier molecular flexibility index (Phi) is 5.44. The van der Waals surface area contributed by atoms with Crippen LogP contribution < -0.4 is 5.32 Å². The number of carbonyl (C=O) groups is 2. The SMILES string of the molecule is O=C(CN1CCN(C(=O)C2(c3ccccc3)CC2)CC1)NCc1ccccc1. The maximum absolute atomic E-state index is 13.1. The molecule has 28 heavy (non-hydrogen) atoms. The molecule has 5 nitrogen and oxygen atoms in total. The van der Waals surface area contributed by atoms with E-state index in [-0.39, 0.29) is 17.2 Å². The number of piperazine rings is 1. The first-order chi connectivity index (χ1) is 13.7. The molecule has 1 N–H and O–H groups in total. The van der Waals surface area contributed by atoms with Crippen molar-refractivity contribution in [2.75, 3.05) is 32.7 Å². The summed E-state index contributed by atoms with van der Waals surface area (Å²) in [6, 6.07) is 20.1. The Hall–Kier alpha value is -2.66. The van der Waals surface area contributed by atoms with Gasteiger partial charge in [-0.1, -0.05) is 60.7 Å². The highest BCUT2D eigenvalue weighted by molar-refractivity contribution is 5.91. The van der Waals surface area contributed by atoms with Crippen molar-refractivity contribution in [3.05, 3.63) is 71.8 Å². The summed E-state index contributed by atoms with van der Waals surface area (Å²) in [7, 11) is 0. The van der Waals surface area contributed by atoms with Gasteiger partial charge in [0.15, 0.2) is 0 Å². The summed E-state index contributed by atoms with van der Waals surface area (Å²) >= 11 is 0. The number of benzene rings is 2. The topological polar surface area (TPSA) is 52.7 Å². The van der Waals surface area contributed by atoms with Crippen LogP contribution in [0.4, 0.5) is 0 Å². The van der Waals surface area contributed by atoms with Crippen molar-refractivity contribution in [3.8, 4) is 0 Å². The Balaban J connectivity index is 1.24. The molecule has 0 atom stereocenters. The average molecular weight is 377 g/mol. The fourth-order valence-corrected chi connectivity index (χ4v) is 3.98. The molecule has 2 amide bonds. The predicted molar refractivity (Wildman–Crippen MR) is 109 cm³/mol. The first-order valence-electron chi connectivity index (χ1n) is 10.1. The van der Waals surface area contributed by atoms with E-state index in [1.807, 2.05) is 53.4 Å². The molecule has 1 saturated heterocycles. The molecule has 0 bridgehead atoms. The summed E-state index contributed by atoms with van der Waals surface area (Å²) in [6.45, 7) is 3.82. The van der Waals surface area contributed by atoms with E-state index in [1.54, 1.807) is 0 Å². The van der Waals surface area contributed by atoms with Gasteiger partial charge in [0.1, 0.15) is 0 Å². The van der Waals surface area contributed by atoms with Crippen molar-refractivity contribution in [2.24, 2.45) is 0 Å². The van der Waals surface area contributed by atoms with Gasteiger partial charge in [0.2, 0.25) is 11.8 Å². The maximum Gasteiger partial charge on any atom is 0.234 e. The number of hydrogen-bond acceptors (Lipinski definition) is 3. The first kappa shape index (κ1) is 18.7. The predicted octanol–water partition coefficient (Wildman–Crippen LogP) is 2.18. The van der Waals surface area contributed by atoms with Crippen LogP contribution in [0.2, 0.25) is 0 Å². The summed E-state index contributed by atoms with van der Waals surface area (Å²) in [6.07, 6.45) is 1.88. The van der Waals surface area contributed by atoms with Crippen LogP contribution in [0.5, 0.6) is 0 Å². The molecule has 0 spiro atoms. The molecule has 1 aliphatic heterocycles. The second kappa shape index (κ2) is 8.15. The quantitative estimate of drug-likeness (QED) is 0.840. The zero-order valence-corrected chi connectivity index (χ0v) is 16.1. The third-order valence-corrected chi connectivity index (χ3v) is 5.84. The van der Waals surface area contributed by atoms with Crippen molar-refractivity contribution in [2.45, 2.75) is 24.8 Å². The van der Waals surface area contributed by atoms with E-state index >= 15 is 0 Å². The van der Waals surface area contributed by atoms with E-state index in [9.17, 15) is 9.59 Å². The van der Waals surface area contributed by atoms with Crippen LogP contribution in [-0.2, 0) is 21.5 Å². The van der Waals surface area contributed by atoms with Gasteiger partial charge in [0.05, 0.1) is 12.0 Å². The lowest BCUT2D eigenvalue weighted by atomic mass is 9.94. The van der Waals surface area contributed by atoms with Gasteiger partial charge in [-0.25, -0.2) is 0 Å². The van der Waals surface area contributed by atoms with Gasteiger partial charge in [0.25, 0.3) is 0 Å². The lowest BCUT2D eigenvalue weighted by Gasteiger charge is -2.36. The third kappa shape index (κ3) is 4.09. The van der Waals surface area contributed by atoms with E-state index < -0.39 is 0 Å². The summed E-state index contributed by atoms with van der Waals surface area (Å²) < 4.78 is 0. The van der Waals surface area contributed by atoms with Crippen LogP contribution in [0, 0.1) is 0 Å². The summed E-state index contributed by atoms with van der Waals surface area (Å²) in [5.41, 5.74) is 1.95. The molecule has 2 fully saturated rings. The van der Waals surface area contributed by atoms with Gasteiger partial charge in [0, 0.05) is 32.7 Å². The lowest BCUT2D eigenvalue weighted by molar-refractivity contribution is -0.136. The van der Waals surface area contributed by atoms with Crippen LogP contribution >= 0.6 is 0 Å². The van der Waals surface area contributed by atoms with Crippen molar-refractivity contribution in [3.63, 3.8) is 0 Å². The zero-order valence-electron chi connectivity index (χ0n) is 16.1. The van der Waals surface area contributed by atoms with Gasteiger partial charge < -0.3 is 10.2 Å². The molecular formula is C23H27N3O2. The minimum atomic E-state index is -0.295. The highest BCUT2D eigenvalue weighted by atomic mass is 16.2. The van der Waals surface area contributed by atoms with Gasteiger partial charge >= 0.3 is 0 Å². The van der Waals surface area contributed by atoms with Crippen LogP contribution in [0.1, 0.15) is 24.0 Å². The molecule has 1 saturated carbocycles. The van der Waals surface area contributed by atoms with Crippen molar-refractivity contribution in [1.29, 1.82) is 0 Å². The average Bonchev–Trinajstić information content (AvgIpc) is 3.56. The molecule has 2 aromatic rings. The van der Waals surface area contributed by atoms with E-state index in [2.05, 4.69) is 22.3 Å². The molecule has 2 aliphatic rings. The second-order valence-corrected chi connectivity index (χ2v) is 7.78. The summed E-state index contributed by atoms with van der Waals surface area (Å²) in [5.74, 6) is 0.290. The zero-order chi connectivity index (χ0) is 19.4.